The SMILES string of the molecule is CC(=O)C(=O)/C(=C/Nc1csc(SN(C)C)c1O)NCc1cc(C(C)C)co1.CN. The van der Waals surface area contributed by atoms with Crippen LogP contribution in [0, 0.1) is 0 Å². The molecular formula is C20H30N4O4S2. The highest BCUT2D eigenvalue weighted by Crippen LogP contribution is 2.41. The van der Waals surface area contributed by atoms with Gasteiger partial charge in [0, 0.05) is 18.5 Å². The molecular weight excluding hydrogens is 424 g/mol. The molecule has 2 heterocycles. The Morgan fingerprint density at radius 3 is 2.57 bits per heavy atom. The van der Waals surface area contributed by atoms with Crippen molar-refractivity contribution in [1.82, 2.24) is 9.62 Å². The number of allylic oxidation sites excluding steroid dienone is 1. The number of nitrogens with one attached hydrogen (secondary N) is 2. The van der Waals surface area contributed by atoms with Gasteiger partial charge in [0.2, 0.25) is 11.6 Å². The van der Waals surface area contributed by atoms with Gasteiger partial charge >= 0.3 is 0 Å². The predicted octanol–water partition coefficient (Wildman–Crippen LogP) is 3.51. The number of Topliss-reactive ketones (excluding diaryl/α,β-unsaturated/α-hetero) is 2. The van der Waals surface area contributed by atoms with Gasteiger partial charge in [-0.05, 0) is 50.6 Å². The summed E-state index contributed by atoms with van der Waals surface area (Å²) in [6.07, 6.45) is 3.07. The number of nitrogens with two attached hydrogens (primary N) is 1. The first-order valence-corrected chi connectivity index (χ1v) is 10.9. The normalized spacial score (nSPS) is 11.3. The van der Waals surface area contributed by atoms with Crippen molar-refractivity contribution in [2.24, 2.45) is 5.73 Å². The summed E-state index contributed by atoms with van der Waals surface area (Å²) in [4.78, 5) is 23.8. The van der Waals surface area contributed by atoms with Crippen LogP contribution >= 0.6 is 23.3 Å². The number of rotatable bonds is 10. The van der Waals surface area contributed by atoms with Crippen molar-refractivity contribution >= 4 is 40.5 Å². The van der Waals surface area contributed by atoms with Gasteiger partial charge in [0.15, 0.2) is 5.75 Å². The Kier molecular flexibility index (Phi) is 10.7. The molecule has 8 nitrogen and oxygen atoms in total. The largest absolute Gasteiger partial charge is 0.504 e. The van der Waals surface area contributed by atoms with E-state index in [1.54, 1.807) is 11.6 Å². The van der Waals surface area contributed by atoms with E-state index in [9.17, 15) is 14.7 Å². The fraction of sp³-hybridized carbons (Fsp3) is 0.400. The van der Waals surface area contributed by atoms with Crippen molar-refractivity contribution in [2.45, 2.75) is 37.4 Å². The molecule has 0 saturated carbocycles. The van der Waals surface area contributed by atoms with E-state index in [-0.39, 0.29) is 18.0 Å². The quantitative estimate of drug-likeness (QED) is 0.243. The second kappa shape index (κ2) is 12.4. The molecule has 0 bridgehead atoms. The van der Waals surface area contributed by atoms with Crippen molar-refractivity contribution in [3.05, 3.63) is 40.9 Å². The lowest BCUT2D eigenvalue weighted by Gasteiger charge is -2.09. The van der Waals surface area contributed by atoms with Crippen LogP contribution in [0.1, 0.15) is 38.0 Å². The average Bonchev–Trinajstić information content (AvgIpc) is 3.31. The van der Waals surface area contributed by atoms with E-state index in [1.165, 1.54) is 43.5 Å². The van der Waals surface area contributed by atoms with Crippen LogP contribution in [0.25, 0.3) is 0 Å². The number of hydrogen-bond donors (Lipinski definition) is 4. The lowest BCUT2D eigenvalue weighted by molar-refractivity contribution is -0.133. The maximum Gasteiger partial charge on any atom is 0.245 e. The van der Waals surface area contributed by atoms with E-state index in [0.29, 0.717) is 17.4 Å². The molecule has 0 spiro atoms. The minimum Gasteiger partial charge on any atom is -0.504 e. The van der Waals surface area contributed by atoms with Crippen LogP contribution in [0.5, 0.6) is 5.75 Å². The number of ketones is 2. The first kappa shape index (κ1) is 25.8. The number of carbonyl (C=O) groups excluding carboxylic acids is 2. The second-order valence-electron chi connectivity index (χ2n) is 6.63. The standard InChI is InChI=1S/C19H25N3O4S2.CH5N/c1-11(2)13-6-14(26-9-13)7-20-15(17(24)12(3)23)8-21-16-10-27-19(18(16)25)28-22(4)5;1-2/h6,8-11,20-21,25H,7H2,1-5H3;2H2,1H3/b15-8-;. The zero-order valence-electron chi connectivity index (χ0n) is 18.1. The molecule has 166 valence electrons. The van der Waals surface area contributed by atoms with Crippen molar-refractivity contribution in [2.75, 3.05) is 26.5 Å². The Bertz CT molecular complexity index is 872. The molecule has 0 radical (unpaired) electrons. The summed E-state index contributed by atoms with van der Waals surface area (Å²) in [6.45, 7) is 5.60. The fourth-order valence-electron chi connectivity index (χ4n) is 2.18. The number of carbonyl (C=O) groups is 2. The molecule has 0 aromatic carbocycles. The van der Waals surface area contributed by atoms with Crippen molar-refractivity contribution in [1.29, 1.82) is 0 Å². The molecule has 0 aliphatic rings. The van der Waals surface area contributed by atoms with Gasteiger partial charge in [-0.3, -0.25) is 13.9 Å². The molecule has 2 aromatic heterocycles. The van der Waals surface area contributed by atoms with Crippen LogP contribution in [0.3, 0.4) is 0 Å². The van der Waals surface area contributed by atoms with Crippen LogP contribution in [0.4, 0.5) is 5.69 Å². The van der Waals surface area contributed by atoms with Gasteiger partial charge in [-0.25, -0.2) is 0 Å². The van der Waals surface area contributed by atoms with Crippen molar-refractivity contribution in [3.63, 3.8) is 0 Å². The van der Waals surface area contributed by atoms with E-state index in [2.05, 4.69) is 30.2 Å². The van der Waals surface area contributed by atoms with E-state index in [1.807, 2.05) is 24.5 Å². The molecule has 0 aliphatic heterocycles. The summed E-state index contributed by atoms with van der Waals surface area (Å²) in [5, 5.41) is 17.9. The third-order valence-electron chi connectivity index (χ3n) is 3.73. The Hall–Kier alpha value is -2.27. The third-order valence-corrected chi connectivity index (χ3v) is 5.73. The molecule has 0 aliphatic carbocycles. The van der Waals surface area contributed by atoms with Gasteiger partial charge in [0.1, 0.15) is 15.7 Å². The highest BCUT2D eigenvalue weighted by molar-refractivity contribution is 7.99. The summed E-state index contributed by atoms with van der Waals surface area (Å²) >= 11 is 2.77. The number of aromatic hydroxyl groups is 1. The zero-order valence-corrected chi connectivity index (χ0v) is 19.7. The van der Waals surface area contributed by atoms with Gasteiger partial charge in [-0.15, -0.1) is 11.3 Å². The minimum atomic E-state index is -0.652. The number of thiophene rings is 1. The van der Waals surface area contributed by atoms with Crippen molar-refractivity contribution in [3.8, 4) is 5.75 Å². The molecule has 0 atom stereocenters. The van der Waals surface area contributed by atoms with Crippen LogP contribution in [-0.4, -0.2) is 42.1 Å². The van der Waals surface area contributed by atoms with Gasteiger partial charge in [0.25, 0.3) is 0 Å². The van der Waals surface area contributed by atoms with Crippen LogP contribution in [0.2, 0.25) is 0 Å². The molecule has 0 unspecified atom stereocenters. The zero-order chi connectivity index (χ0) is 22.8. The smallest absolute Gasteiger partial charge is 0.245 e. The number of nitrogens with zero attached hydrogens (tertiary/aromatic N) is 1. The number of hydrogen-bond acceptors (Lipinski definition) is 10. The topological polar surface area (TPSA) is 121 Å². The molecule has 10 heteroatoms. The second-order valence-corrected chi connectivity index (χ2v) is 9.09. The van der Waals surface area contributed by atoms with E-state index >= 15 is 0 Å². The molecule has 2 aromatic rings. The molecule has 0 saturated heterocycles. The van der Waals surface area contributed by atoms with Crippen LogP contribution in [0.15, 0.2) is 38.2 Å². The minimum absolute atomic E-state index is 0.0992. The van der Waals surface area contributed by atoms with E-state index in [4.69, 9.17) is 4.42 Å². The molecule has 2 rings (SSSR count). The lowest BCUT2D eigenvalue weighted by atomic mass is 10.1. The molecule has 0 amide bonds. The van der Waals surface area contributed by atoms with Gasteiger partial charge in [-0.2, -0.15) is 0 Å². The monoisotopic (exact) mass is 454 g/mol. The fourth-order valence-corrected chi connectivity index (χ4v) is 4.10. The first-order valence-electron chi connectivity index (χ1n) is 9.25. The highest BCUT2D eigenvalue weighted by atomic mass is 32.2. The van der Waals surface area contributed by atoms with Crippen molar-refractivity contribution < 1.29 is 19.1 Å². The average molecular weight is 455 g/mol. The van der Waals surface area contributed by atoms with E-state index in [0.717, 1.165) is 9.77 Å². The lowest BCUT2D eigenvalue weighted by Crippen LogP contribution is -2.25. The van der Waals surface area contributed by atoms with Gasteiger partial charge in [-0.1, -0.05) is 13.8 Å². The summed E-state index contributed by atoms with van der Waals surface area (Å²) < 4.78 is 8.08. The summed E-state index contributed by atoms with van der Waals surface area (Å²) in [5.74, 6) is -0.137. The molecule has 0 fully saturated rings. The van der Waals surface area contributed by atoms with Gasteiger partial charge in [0.05, 0.1) is 18.5 Å². The Morgan fingerprint density at radius 2 is 2.03 bits per heavy atom. The Labute approximate surface area is 185 Å². The Morgan fingerprint density at radius 1 is 1.37 bits per heavy atom. The first-order chi connectivity index (χ1) is 14.2. The number of anilines is 1. The van der Waals surface area contributed by atoms with Gasteiger partial charge < -0.3 is 25.9 Å². The predicted molar refractivity (Wildman–Crippen MR) is 123 cm³/mol. The Balaban J connectivity index is 0.00000218. The maximum atomic E-state index is 12.2. The van der Waals surface area contributed by atoms with E-state index < -0.39 is 11.6 Å². The third kappa shape index (κ3) is 7.52. The highest BCUT2D eigenvalue weighted by Gasteiger charge is 2.17. The van der Waals surface area contributed by atoms with Crippen LogP contribution in [-0.2, 0) is 16.1 Å². The maximum absolute atomic E-state index is 12.2. The molecule has 30 heavy (non-hydrogen) atoms. The number of furan rings is 1. The summed E-state index contributed by atoms with van der Waals surface area (Å²) in [6, 6.07) is 1.91. The summed E-state index contributed by atoms with van der Waals surface area (Å²) in [7, 11) is 5.26. The van der Waals surface area contributed by atoms with Crippen LogP contribution < -0.4 is 16.4 Å². The summed E-state index contributed by atoms with van der Waals surface area (Å²) in [5.41, 5.74) is 6.12. The molecule has 5 N–H and O–H groups in total.